The summed E-state index contributed by atoms with van der Waals surface area (Å²) in [5.41, 5.74) is 2.14. The Bertz CT molecular complexity index is 2040. The highest BCUT2D eigenvalue weighted by atomic mass is 32.1. The number of hydrogen-bond donors (Lipinski definition) is 0. The number of carbonyl (C=O) groups is 2. The van der Waals surface area contributed by atoms with Crippen LogP contribution in [0.5, 0.6) is 0 Å². The molecule has 228 valence electrons. The Kier molecular flexibility index (Phi) is 9.62. The van der Waals surface area contributed by atoms with Gasteiger partial charge in [0.15, 0.2) is 9.60 Å². The summed E-state index contributed by atoms with van der Waals surface area (Å²) in [6.45, 7) is 9.00. The number of aromatic nitrogens is 2. The van der Waals surface area contributed by atoms with E-state index in [0.29, 0.717) is 25.9 Å². The predicted octanol–water partition coefficient (Wildman–Crippen LogP) is 8.68. The molecule has 0 spiro atoms. The second-order valence-electron chi connectivity index (χ2n) is 11.1. The molecule has 0 aliphatic rings. The number of carbonyl (C=O) groups excluding carboxylic acids is 2. The standard InChI is InChI=1S/C37H36N4O2S2/c1-3-24-40-30-22-20-26-14-10-12-16-28(26)34(30)44-36(40)38-32(42)18-8-6-5-7-9-19-33(43)39-37-41(25-4-2)31-23-21-27-15-11-13-17-29(27)35(31)45-37/h3-4,10-17,20-23H,1-2,5-9,18-19,24-25H2. The molecular formula is C37H36N4O2S2. The topological polar surface area (TPSA) is 68.7 Å². The van der Waals surface area contributed by atoms with Gasteiger partial charge in [-0.2, -0.15) is 9.98 Å². The highest BCUT2D eigenvalue weighted by Gasteiger charge is 2.12. The van der Waals surface area contributed by atoms with Gasteiger partial charge in [-0.1, -0.05) is 115 Å². The number of hydrogen-bond acceptors (Lipinski definition) is 4. The fourth-order valence-electron chi connectivity index (χ4n) is 5.79. The summed E-state index contributed by atoms with van der Waals surface area (Å²) in [6, 6.07) is 25.0. The maximum Gasteiger partial charge on any atom is 0.248 e. The third-order valence-corrected chi connectivity index (χ3v) is 10.2. The van der Waals surface area contributed by atoms with Crippen LogP contribution in [0.3, 0.4) is 0 Å². The Morgan fingerprint density at radius 2 is 1.02 bits per heavy atom. The van der Waals surface area contributed by atoms with Crippen molar-refractivity contribution in [3.05, 3.63) is 108 Å². The third kappa shape index (κ3) is 6.67. The quantitative estimate of drug-likeness (QED) is 0.100. The maximum atomic E-state index is 12.8. The molecular weight excluding hydrogens is 597 g/mol. The first kappa shape index (κ1) is 30.6. The Morgan fingerprint density at radius 3 is 1.47 bits per heavy atom. The highest BCUT2D eigenvalue weighted by Crippen LogP contribution is 2.29. The van der Waals surface area contributed by atoms with E-state index in [1.165, 1.54) is 21.5 Å². The number of unbranched alkanes of at least 4 members (excludes halogenated alkanes) is 4. The lowest BCUT2D eigenvalue weighted by atomic mass is 10.1. The van der Waals surface area contributed by atoms with Crippen LogP contribution >= 0.6 is 22.7 Å². The van der Waals surface area contributed by atoms with Crippen LogP contribution in [0.1, 0.15) is 44.9 Å². The number of thiazole rings is 2. The monoisotopic (exact) mass is 632 g/mol. The van der Waals surface area contributed by atoms with Crippen LogP contribution < -0.4 is 9.60 Å². The second kappa shape index (κ2) is 14.1. The molecule has 0 radical (unpaired) electrons. The molecule has 0 unspecified atom stereocenters. The fraction of sp³-hybridized carbons (Fsp3) is 0.243. The van der Waals surface area contributed by atoms with Crippen LogP contribution in [0.4, 0.5) is 0 Å². The Morgan fingerprint density at radius 1 is 0.600 bits per heavy atom. The second-order valence-corrected chi connectivity index (χ2v) is 13.1. The van der Waals surface area contributed by atoms with Crippen molar-refractivity contribution >= 4 is 76.5 Å². The van der Waals surface area contributed by atoms with Crippen LogP contribution in [0.25, 0.3) is 42.0 Å². The van der Waals surface area contributed by atoms with Gasteiger partial charge in [-0.05, 0) is 35.7 Å². The van der Waals surface area contributed by atoms with Gasteiger partial charge in [-0.15, -0.1) is 13.2 Å². The normalized spacial score (nSPS) is 12.5. The molecule has 6 aromatic rings. The number of allylic oxidation sites excluding steroid dienone is 2. The van der Waals surface area contributed by atoms with Crippen LogP contribution in [-0.4, -0.2) is 20.9 Å². The zero-order chi connectivity index (χ0) is 31.2. The van der Waals surface area contributed by atoms with Crippen molar-refractivity contribution in [2.45, 2.75) is 58.0 Å². The van der Waals surface area contributed by atoms with E-state index in [1.54, 1.807) is 22.7 Å². The van der Waals surface area contributed by atoms with Crippen LogP contribution in [0, 0.1) is 0 Å². The average molecular weight is 633 g/mol. The van der Waals surface area contributed by atoms with Gasteiger partial charge >= 0.3 is 0 Å². The van der Waals surface area contributed by atoms with E-state index >= 15 is 0 Å². The first-order valence-corrected chi connectivity index (χ1v) is 17.1. The van der Waals surface area contributed by atoms with Crippen LogP contribution in [0.15, 0.2) is 108 Å². The van der Waals surface area contributed by atoms with Gasteiger partial charge in [0.2, 0.25) is 11.8 Å². The van der Waals surface area contributed by atoms with E-state index in [9.17, 15) is 9.59 Å². The summed E-state index contributed by atoms with van der Waals surface area (Å²) in [5, 5.41) is 4.70. The lowest BCUT2D eigenvalue weighted by molar-refractivity contribution is -0.118. The van der Waals surface area contributed by atoms with E-state index < -0.39 is 0 Å². The molecule has 0 atom stereocenters. The third-order valence-electron chi connectivity index (χ3n) is 7.99. The van der Waals surface area contributed by atoms with Crippen molar-refractivity contribution in [3.8, 4) is 0 Å². The number of rotatable bonds is 12. The summed E-state index contributed by atoms with van der Waals surface area (Å²) < 4.78 is 6.41. The van der Waals surface area contributed by atoms with Crippen LogP contribution in [-0.2, 0) is 22.7 Å². The molecule has 0 fully saturated rings. The van der Waals surface area contributed by atoms with Crippen molar-refractivity contribution in [1.82, 2.24) is 9.13 Å². The van der Waals surface area contributed by atoms with Crippen molar-refractivity contribution in [2.24, 2.45) is 9.98 Å². The highest BCUT2D eigenvalue weighted by molar-refractivity contribution is 7.17. The fourth-order valence-corrected chi connectivity index (χ4v) is 8.17. The molecule has 4 aromatic carbocycles. The van der Waals surface area contributed by atoms with Gasteiger partial charge in [0.25, 0.3) is 0 Å². The summed E-state index contributed by atoms with van der Waals surface area (Å²) in [7, 11) is 0. The predicted molar refractivity (Wildman–Crippen MR) is 188 cm³/mol. The molecule has 6 rings (SSSR count). The summed E-state index contributed by atoms with van der Waals surface area (Å²) >= 11 is 3.12. The smallest absolute Gasteiger partial charge is 0.248 e. The molecule has 2 amide bonds. The van der Waals surface area contributed by atoms with Crippen LogP contribution in [0.2, 0.25) is 0 Å². The maximum absolute atomic E-state index is 12.8. The van der Waals surface area contributed by atoms with Crippen molar-refractivity contribution in [2.75, 3.05) is 0 Å². The summed E-state index contributed by atoms with van der Waals surface area (Å²) in [4.78, 5) is 36.1. The SMILES string of the molecule is C=CCn1c(=NC(=O)CCCCCCCC(=O)N=c2sc3c4ccccc4ccc3n2CC=C)sc2c3ccccc3ccc21. The lowest BCUT2D eigenvalue weighted by Crippen LogP contribution is -2.16. The molecule has 0 N–H and O–H groups in total. The zero-order valence-corrected chi connectivity index (χ0v) is 26.9. The minimum atomic E-state index is -0.0957. The number of amides is 2. The van der Waals surface area contributed by atoms with Crippen molar-refractivity contribution in [3.63, 3.8) is 0 Å². The number of nitrogens with zero attached hydrogens (tertiary/aromatic N) is 4. The molecule has 0 aliphatic carbocycles. The molecule has 8 heteroatoms. The largest absolute Gasteiger partial charge is 0.312 e. The molecule has 0 saturated carbocycles. The zero-order valence-electron chi connectivity index (χ0n) is 25.3. The van der Waals surface area contributed by atoms with E-state index in [1.807, 2.05) is 36.4 Å². The first-order chi connectivity index (χ1) is 22.1. The van der Waals surface area contributed by atoms with E-state index in [0.717, 1.165) is 62.1 Å². The van der Waals surface area contributed by atoms with Gasteiger partial charge < -0.3 is 9.13 Å². The van der Waals surface area contributed by atoms with Gasteiger partial charge in [-0.25, -0.2) is 0 Å². The molecule has 6 nitrogen and oxygen atoms in total. The average Bonchev–Trinajstić information content (AvgIpc) is 3.58. The number of benzene rings is 4. The molecule has 0 aliphatic heterocycles. The van der Waals surface area contributed by atoms with Gasteiger partial charge in [0, 0.05) is 36.7 Å². The molecule has 2 aromatic heterocycles. The Balaban J connectivity index is 1.02. The lowest BCUT2D eigenvalue weighted by Gasteiger charge is -2.03. The Labute approximate surface area is 270 Å². The molecule has 0 saturated heterocycles. The number of fused-ring (bicyclic) bond motifs is 6. The van der Waals surface area contributed by atoms with Crippen molar-refractivity contribution in [1.29, 1.82) is 0 Å². The van der Waals surface area contributed by atoms with E-state index in [-0.39, 0.29) is 11.8 Å². The van der Waals surface area contributed by atoms with Crippen molar-refractivity contribution < 1.29 is 9.59 Å². The van der Waals surface area contributed by atoms with Gasteiger partial charge in [0.05, 0.1) is 20.4 Å². The summed E-state index contributed by atoms with van der Waals surface area (Å²) in [5.74, 6) is -0.191. The molecule has 2 heterocycles. The summed E-state index contributed by atoms with van der Waals surface area (Å²) in [6.07, 6.45) is 8.91. The first-order valence-electron chi connectivity index (χ1n) is 15.5. The minimum absolute atomic E-state index is 0.0957. The van der Waals surface area contributed by atoms with E-state index in [4.69, 9.17) is 0 Å². The Hall–Kier alpha value is -4.40. The van der Waals surface area contributed by atoms with Gasteiger partial charge in [0.1, 0.15) is 0 Å². The van der Waals surface area contributed by atoms with E-state index in [2.05, 4.69) is 80.8 Å². The molecule has 0 bridgehead atoms. The molecule has 45 heavy (non-hydrogen) atoms. The van der Waals surface area contributed by atoms with Gasteiger partial charge in [-0.3, -0.25) is 9.59 Å². The minimum Gasteiger partial charge on any atom is -0.312 e.